The first-order valence-electron chi connectivity index (χ1n) is 11.4. The number of piperidine rings is 1. The van der Waals surface area contributed by atoms with E-state index in [2.05, 4.69) is 16.8 Å². The minimum absolute atomic E-state index is 0.565. The van der Waals surface area contributed by atoms with Gasteiger partial charge in [0.05, 0.1) is 18.2 Å². The summed E-state index contributed by atoms with van der Waals surface area (Å²) in [7, 11) is 1.67. The van der Waals surface area contributed by atoms with Crippen molar-refractivity contribution >= 4 is 10.9 Å². The predicted molar refractivity (Wildman–Crippen MR) is 120 cm³/mol. The van der Waals surface area contributed by atoms with Crippen LogP contribution in [0.25, 0.3) is 10.9 Å². The van der Waals surface area contributed by atoms with E-state index in [1.54, 1.807) is 13.3 Å². The molecule has 0 amide bonds. The van der Waals surface area contributed by atoms with Gasteiger partial charge in [0.25, 0.3) is 0 Å². The van der Waals surface area contributed by atoms with Crippen molar-refractivity contribution in [2.24, 2.45) is 5.92 Å². The molecule has 1 aliphatic rings. The Kier molecular flexibility index (Phi) is 7.91. The van der Waals surface area contributed by atoms with Gasteiger partial charge in [-0.3, -0.25) is 4.98 Å². The van der Waals surface area contributed by atoms with Crippen molar-refractivity contribution in [1.82, 2.24) is 9.88 Å². The third-order valence-corrected chi connectivity index (χ3v) is 6.50. The lowest BCUT2D eigenvalue weighted by Gasteiger charge is -2.36. The van der Waals surface area contributed by atoms with Crippen LogP contribution in [0.1, 0.15) is 70.8 Å². The lowest BCUT2D eigenvalue weighted by molar-refractivity contribution is 0.0185. The van der Waals surface area contributed by atoms with Crippen molar-refractivity contribution in [1.29, 1.82) is 0 Å². The maximum atomic E-state index is 11.4. The number of likely N-dealkylation sites (tertiary alicyclic amines) is 1. The van der Waals surface area contributed by atoms with Gasteiger partial charge in [-0.15, -0.1) is 0 Å². The molecule has 160 valence electrons. The Labute approximate surface area is 176 Å². The highest BCUT2D eigenvalue weighted by Crippen LogP contribution is 2.37. The van der Waals surface area contributed by atoms with Crippen LogP contribution < -0.4 is 4.74 Å². The number of hydrogen-bond donors (Lipinski definition) is 1. The second-order valence-electron chi connectivity index (χ2n) is 8.92. The molecule has 0 saturated carbocycles. The molecular weight excluding hydrogens is 360 g/mol. The Morgan fingerprint density at radius 1 is 1.14 bits per heavy atom. The van der Waals surface area contributed by atoms with E-state index in [1.165, 1.54) is 64.6 Å². The number of methoxy groups -OCH3 is 1. The van der Waals surface area contributed by atoms with Crippen LogP contribution in [-0.4, -0.2) is 41.7 Å². The Balaban J connectivity index is 1.57. The zero-order valence-corrected chi connectivity index (χ0v) is 18.5. The zero-order chi connectivity index (χ0) is 20.7. The number of benzene rings is 1. The molecule has 29 heavy (non-hydrogen) atoms. The molecule has 3 rings (SSSR count). The topological polar surface area (TPSA) is 45.6 Å². The molecule has 1 atom stereocenters. The molecule has 1 aromatic carbocycles. The number of unbranched alkanes of at least 4 members (excludes halogenated alkanes) is 4. The number of pyridine rings is 1. The molecular formula is C25H38N2O2. The van der Waals surface area contributed by atoms with E-state index in [0.717, 1.165) is 28.6 Å². The summed E-state index contributed by atoms with van der Waals surface area (Å²) in [6.07, 6.45) is 11.7. The maximum Gasteiger partial charge on any atom is 0.119 e. The molecule has 0 spiro atoms. The smallest absolute Gasteiger partial charge is 0.119 e. The van der Waals surface area contributed by atoms with E-state index in [1.807, 2.05) is 31.2 Å². The summed E-state index contributed by atoms with van der Waals surface area (Å²) < 4.78 is 5.39. The van der Waals surface area contributed by atoms with E-state index < -0.39 is 5.60 Å². The standard InChI is InChI=1S/C25H38N2O2/c1-4-5-6-7-8-15-27-16-12-20(13-17-27)19-25(2,28)23-11-14-26-24-10-9-21(29-3)18-22(23)24/h9-11,14,18,20,28H,4-8,12-13,15-17,19H2,1-3H3/t25-/m1/s1. The number of aliphatic hydroxyl groups is 1. The second-order valence-corrected chi connectivity index (χ2v) is 8.92. The third kappa shape index (κ3) is 5.93. The summed E-state index contributed by atoms with van der Waals surface area (Å²) in [6.45, 7) is 7.80. The van der Waals surface area contributed by atoms with Gasteiger partial charge in [0, 0.05) is 11.6 Å². The van der Waals surface area contributed by atoms with Crippen molar-refractivity contribution in [3.63, 3.8) is 0 Å². The van der Waals surface area contributed by atoms with Gasteiger partial charge in [0.2, 0.25) is 0 Å². The third-order valence-electron chi connectivity index (χ3n) is 6.50. The quantitative estimate of drug-likeness (QED) is 0.535. The van der Waals surface area contributed by atoms with E-state index in [0.29, 0.717) is 5.92 Å². The molecule has 1 fully saturated rings. The summed E-state index contributed by atoms with van der Waals surface area (Å²) in [5.41, 5.74) is 1.00. The van der Waals surface area contributed by atoms with Crippen molar-refractivity contribution in [2.45, 2.75) is 70.8 Å². The lowest BCUT2D eigenvalue weighted by Crippen LogP contribution is -2.37. The van der Waals surface area contributed by atoms with E-state index in [-0.39, 0.29) is 0 Å². The number of aromatic nitrogens is 1. The van der Waals surface area contributed by atoms with Gasteiger partial charge in [-0.05, 0) is 88.0 Å². The molecule has 1 aliphatic heterocycles. The molecule has 0 unspecified atom stereocenters. The molecule has 0 radical (unpaired) electrons. The monoisotopic (exact) mass is 398 g/mol. The minimum atomic E-state index is -0.861. The predicted octanol–water partition coefficient (Wildman–Crippen LogP) is 5.52. The Bertz CT molecular complexity index is 767. The fraction of sp³-hybridized carbons (Fsp3) is 0.640. The zero-order valence-electron chi connectivity index (χ0n) is 18.5. The molecule has 0 aliphatic carbocycles. The SMILES string of the molecule is CCCCCCCN1CCC(C[C@@](C)(O)c2ccnc3ccc(OC)cc23)CC1. The highest BCUT2D eigenvalue weighted by atomic mass is 16.5. The molecule has 1 aromatic heterocycles. The van der Waals surface area contributed by atoms with E-state index >= 15 is 0 Å². The highest BCUT2D eigenvalue weighted by Gasteiger charge is 2.31. The Morgan fingerprint density at radius 3 is 2.62 bits per heavy atom. The van der Waals surface area contributed by atoms with E-state index in [4.69, 9.17) is 4.74 Å². The van der Waals surface area contributed by atoms with Crippen molar-refractivity contribution < 1.29 is 9.84 Å². The van der Waals surface area contributed by atoms with Gasteiger partial charge < -0.3 is 14.7 Å². The first kappa shape index (κ1) is 22.0. The van der Waals surface area contributed by atoms with E-state index in [9.17, 15) is 5.11 Å². The van der Waals surface area contributed by atoms with Gasteiger partial charge in [-0.1, -0.05) is 32.6 Å². The summed E-state index contributed by atoms with van der Waals surface area (Å²) >= 11 is 0. The number of ether oxygens (including phenoxy) is 1. The number of nitrogens with zero attached hydrogens (tertiary/aromatic N) is 2. The second kappa shape index (κ2) is 10.4. The summed E-state index contributed by atoms with van der Waals surface area (Å²) in [5, 5.41) is 12.4. The number of fused-ring (bicyclic) bond motifs is 1. The van der Waals surface area contributed by atoms with Crippen LogP contribution in [0.4, 0.5) is 0 Å². The fourth-order valence-corrected chi connectivity index (χ4v) is 4.75. The maximum absolute atomic E-state index is 11.4. The van der Waals surface area contributed by atoms with Gasteiger partial charge in [0.1, 0.15) is 5.75 Å². The van der Waals surface area contributed by atoms with Gasteiger partial charge in [-0.25, -0.2) is 0 Å². The molecule has 2 heterocycles. The van der Waals surface area contributed by atoms with Gasteiger partial charge in [-0.2, -0.15) is 0 Å². The Morgan fingerprint density at radius 2 is 1.90 bits per heavy atom. The molecule has 2 aromatic rings. The molecule has 0 bridgehead atoms. The fourth-order valence-electron chi connectivity index (χ4n) is 4.75. The normalized spacial score (nSPS) is 18.1. The van der Waals surface area contributed by atoms with Crippen molar-refractivity contribution in [2.75, 3.05) is 26.7 Å². The molecule has 1 N–H and O–H groups in total. The van der Waals surface area contributed by atoms with Gasteiger partial charge >= 0.3 is 0 Å². The van der Waals surface area contributed by atoms with Crippen molar-refractivity contribution in [3.8, 4) is 5.75 Å². The minimum Gasteiger partial charge on any atom is -0.497 e. The summed E-state index contributed by atoms with van der Waals surface area (Å²) in [5.74, 6) is 1.37. The summed E-state index contributed by atoms with van der Waals surface area (Å²) in [4.78, 5) is 7.08. The van der Waals surface area contributed by atoms with Crippen molar-refractivity contribution in [3.05, 3.63) is 36.0 Å². The van der Waals surface area contributed by atoms with Crippen LogP contribution in [0, 0.1) is 5.92 Å². The van der Waals surface area contributed by atoms with Crippen LogP contribution >= 0.6 is 0 Å². The average molecular weight is 399 g/mol. The van der Waals surface area contributed by atoms with Crippen LogP contribution in [-0.2, 0) is 5.60 Å². The Hall–Kier alpha value is -1.65. The van der Waals surface area contributed by atoms with Crippen LogP contribution in [0.15, 0.2) is 30.5 Å². The molecule has 1 saturated heterocycles. The largest absolute Gasteiger partial charge is 0.497 e. The summed E-state index contributed by atoms with van der Waals surface area (Å²) in [6, 6.07) is 7.85. The van der Waals surface area contributed by atoms with Crippen LogP contribution in [0.2, 0.25) is 0 Å². The molecule has 4 nitrogen and oxygen atoms in total. The van der Waals surface area contributed by atoms with Gasteiger partial charge in [0.15, 0.2) is 0 Å². The van der Waals surface area contributed by atoms with Crippen LogP contribution in [0.3, 0.4) is 0 Å². The lowest BCUT2D eigenvalue weighted by atomic mass is 9.81. The number of rotatable bonds is 10. The highest BCUT2D eigenvalue weighted by molar-refractivity contribution is 5.84. The first-order valence-corrected chi connectivity index (χ1v) is 11.4. The number of hydrogen-bond acceptors (Lipinski definition) is 4. The molecule has 4 heteroatoms. The van der Waals surface area contributed by atoms with Crippen LogP contribution in [0.5, 0.6) is 5.75 Å². The first-order chi connectivity index (χ1) is 14.0. The average Bonchev–Trinajstić information content (AvgIpc) is 2.73.